The molecule has 9 heteroatoms. The summed E-state index contributed by atoms with van der Waals surface area (Å²) in [6.45, 7) is 1.93. The van der Waals surface area contributed by atoms with E-state index in [4.69, 9.17) is 4.74 Å². The van der Waals surface area contributed by atoms with Gasteiger partial charge in [-0.25, -0.2) is 0 Å². The van der Waals surface area contributed by atoms with Gasteiger partial charge < -0.3 is 15.0 Å². The molecule has 1 atom stereocenters. The lowest BCUT2D eigenvalue weighted by Crippen LogP contribution is -2.43. The number of nitrogens with one attached hydrogen (secondary N) is 1. The first-order valence-electron chi connectivity index (χ1n) is 9.47. The first-order chi connectivity index (χ1) is 13.7. The van der Waals surface area contributed by atoms with E-state index in [-0.39, 0.29) is 17.9 Å². The minimum absolute atomic E-state index is 0.0117. The maximum absolute atomic E-state index is 12.8. The molecule has 3 heterocycles. The number of carbonyl (C=O) groups excluding carboxylic acids is 2. The second-order valence-electron chi connectivity index (χ2n) is 6.93. The zero-order valence-corrected chi connectivity index (χ0v) is 16.6. The van der Waals surface area contributed by atoms with E-state index in [1.807, 2.05) is 29.2 Å². The standard InChI is InChI=1S/C19H23N5O3S/c1-27-14-8-6-13(7-9-14)12-20-17(26)15-4-2-10-23(15)18-21-22-19(28-18)24-11-3-5-16(24)25/h6-9,15H,2-5,10-12H2,1H3,(H,20,26)/t15-/m1/s1. The van der Waals surface area contributed by atoms with Crippen molar-refractivity contribution in [3.63, 3.8) is 0 Å². The molecular weight excluding hydrogens is 378 g/mol. The Kier molecular flexibility index (Phi) is 5.43. The van der Waals surface area contributed by atoms with Crippen LogP contribution in [-0.4, -0.2) is 48.3 Å². The van der Waals surface area contributed by atoms with Crippen LogP contribution in [0.25, 0.3) is 0 Å². The Hall–Kier alpha value is -2.68. The van der Waals surface area contributed by atoms with Crippen molar-refractivity contribution in [2.75, 3.05) is 30.0 Å². The normalized spacial score (nSPS) is 19.3. The van der Waals surface area contributed by atoms with Crippen LogP contribution < -0.4 is 19.9 Å². The molecule has 0 saturated carbocycles. The van der Waals surface area contributed by atoms with Gasteiger partial charge in [0.2, 0.25) is 22.1 Å². The van der Waals surface area contributed by atoms with Gasteiger partial charge in [-0.15, -0.1) is 10.2 Å². The van der Waals surface area contributed by atoms with Gasteiger partial charge in [-0.3, -0.25) is 14.5 Å². The number of hydrogen-bond donors (Lipinski definition) is 1. The Balaban J connectivity index is 1.39. The summed E-state index contributed by atoms with van der Waals surface area (Å²) in [6.07, 6.45) is 3.13. The van der Waals surface area contributed by atoms with Gasteiger partial charge in [0.15, 0.2) is 0 Å². The van der Waals surface area contributed by atoms with Gasteiger partial charge in [0, 0.05) is 26.1 Å². The highest BCUT2D eigenvalue weighted by Crippen LogP contribution is 2.33. The molecule has 2 amide bonds. The van der Waals surface area contributed by atoms with E-state index in [1.165, 1.54) is 11.3 Å². The van der Waals surface area contributed by atoms with E-state index in [1.54, 1.807) is 12.0 Å². The summed E-state index contributed by atoms with van der Waals surface area (Å²) in [7, 11) is 1.63. The molecule has 0 aliphatic carbocycles. The highest BCUT2D eigenvalue weighted by Gasteiger charge is 2.34. The summed E-state index contributed by atoms with van der Waals surface area (Å²) in [6, 6.07) is 7.39. The second kappa shape index (κ2) is 8.14. The van der Waals surface area contributed by atoms with E-state index < -0.39 is 0 Å². The fourth-order valence-corrected chi connectivity index (χ4v) is 4.57. The lowest BCUT2D eigenvalue weighted by molar-refractivity contribution is -0.122. The van der Waals surface area contributed by atoms with E-state index in [0.29, 0.717) is 29.8 Å². The number of nitrogens with zero attached hydrogens (tertiary/aromatic N) is 4. The Morgan fingerprint density at radius 1 is 1.21 bits per heavy atom. The summed E-state index contributed by atoms with van der Waals surface area (Å²) >= 11 is 1.39. The van der Waals surface area contributed by atoms with Crippen molar-refractivity contribution in [3.05, 3.63) is 29.8 Å². The van der Waals surface area contributed by atoms with E-state index in [0.717, 1.165) is 37.1 Å². The number of benzene rings is 1. The Morgan fingerprint density at radius 2 is 2.00 bits per heavy atom. The molecule has 28 heavy (non-hydrogen) atoms. The molecule has 2 fully saturated rings. The third kappa shape index (κ3) is 3.80. The van der Waals surface area contributed by atoms with Crippen molar-refractivity contribution in [2.45, 2.75) is 38.3 Å². The van der Waals surface area contributed by atoms with Crippen LogP contribution in [0.1, 0.15) is 31.2 Å². The minimum Gasteiger partial charge on any atom is -0.497 e. The summed E-state index contributed by atoms with van der Waals surface area (Å²) in [5, 5.41) is 12.8. The van der Waals surface area contributed by atoms with Crippen LogP contribution in [0.15, 0.2) is 24.3 Å². The monoisotopic (exact) mass is 401 g/mol. The van der Waals surface area contributed by atoms with Gasteiger partial charge in [-0.1, -0.05) is 23.5 Å². The molecule has 0 spiro atoms. The van der Waals surface area contributed by atoms with Crippen LogP contribution in [0.2, 0.25) is 0 Å². The number of aromatic nitrogens is 2. The van der Waals surface area contributed by atoms with Crippen LogP contribution in [0.5, 0.6) is 5.75 Å². The van der Waals surface area contributed by atoms with E-state index >= 15 is 0 Å². The lowest BCUT2D eigenvalue weighted by atomic mass is 10.2. The maximum Gasteiger partial charge on any atom is 0.243 e. The first-order valence-corrected chi connectivity index (χ1v) is 10.3. The predicted molar refractivity (Wildman–Crippen MR) is 107 cm³/mol. The van der Waals surface area contributed by atoms with Gasteiger partial charge in [-0.2, -0.15) is 0 Å². The van der Waals surface area contributed by atoms with Crippen molar-refractivity contribution < 1.29 is 14.3 Å². The van der Waals surface area contributed by atoms with Crippen molar-refractivity contribution >= 4 is 33.4 Å². The average Bonchev–Trinajstić information content (AvgIpc) is 3.46. The van der Waals surface area contributed by atoms with Gasteiger partial charge in [0.25, 0.3) is 0 Å². The quantitative estimate of drug-likeness (QED) is 0.796. The largest absolute Gasteiger partial charge is 0.497 e. The fraction of sp³-hybridized carbons (Fsp3) is 0.474. The molecular formula is C19H23N5O3S. The van der Waals surface area contributed by atoms with Crippen molar-refractivity contribution in [2.24, 2.45) is 0 Å². The number of rotatable bonds is 6. The Bertz CT molecular complexity index is 854. The summed E-state index contributed by atoms with van der Waals surface area (Å²) in [5.74, 6) is 0.876. The maximum atomic E-state index is 12.8. The molecule has 2 aliphatic heterocycles. The van der Waals surface area contributed by atoms with Crippen LogP contribution in [0.4, 0.5) is 10.3 Å². The van der Waals surface area contributed by atoms with Gasteiger partial charge >= 0.3 is 0 Å². The first kappa shape index (κ1) is 18.7. The highest BCUT2D eigenvalue weighted by molar-refractivity contribution is 7.19. The van der Waals surface area contributed by atoms with Crippen LogP contribution in [0.3, 0.4) is 0 Å². The number of ether oxygens (including phenoxy) is 1. The number of carbonyl (C=O) groups is 2. The predicted octanol–water partition coefficient (Wildman–Crippen LogP) is 1.96. The molecule has 0 radical (unpaired) electrons. The SMILES string of the molecule is COc1ccc(CNC(=O)[C@H]2CCCN2c2nnc(N3CCCC3=O)s2)cc1. The highest BCUT2D eigenvalue weighted by atomic mass is 32.1. The van der Waals surface area contributed by atoms with Crippen LogP contribution >= 0.6 is 11.3 Å². The molecule has 2 saturated heterocycles. The molecule has 148 valence electrons. The molecule has 8 nitrogen and oxygen atoms in total. The minimum atomic E-state index is -0.256. The third-order valence-corrected chi connectivity index (χ3v) is 6.12. The van der Waals surface area contributed by atoms with Gasteiger partial charge in [-0.05, 0) is 37.0 Å². The van der Waals surface area contributed by atoms with E-state index in [2.05, 4.69) is 15.5 Å². The molecule has 1 aromatic heterocycles. The topological polar surface area (TPSA) is 87.7 Å². The summed E-state index contributed by atoms with van der Waals surface area (Å²) in [4.78, 5) is 28.4. The van der Waals surface area contributed by atoms with Gasteiger partial charge in [0.1, 0.15) is 11.8 Å². The van der Waals surface area contributed by atoms with Crippen molar-refractivity contribution in [1.82, 2.24) is 15.5 Å². The number of hydrogen-bond acceptors (Lipinski definition) is 7. The summed E-state index contributed by atoms with van der Waals surface area (Å²) in [5.41, 5.74) is 1.02. The number of anilines is 2. The van der Waals surface area contributed by atoms with Crippen LogP contribution in [-0.2, 0) is 16.1 Å². The fourth-order valence-electron chi connectivity index (χ4n) is 3.60. The molecule has 1 aromatic carbocycles. The van der Waals surface area contributed by atoms with Crippen LogP contribution in [0, 0.1) is 0 Å². The Morgan fingerprint density at radius 3 is 2.71 bits per heavy atom. The molecule has 4 rings (SSSR count). The third-order valence-electron chi connectivity index (χ3n) is 5.13. The molecule has 1 N–H and O–H groups in total. The smallest absolute Gasteiger partial charge is 0.243 e. The zero-order chi connectivity index (χ0) is 19.5. The average molecular weight is 401 g/mol. The molecule has 0 bridgehead atoms. The van der Waals surface area contributed by atoms with Crippen molar-refractivity contribution in [3.8, 4) is 5.75 Å². The summed E-state index contributed by atoms with van der Waals surface area (Å²) < 4.78 is 5.15. The Labute approximate surface area is 167 Å². The number of amides is 2. The molecule has 0 unspecified atom stereocenters. The van der Waals surface area contributed by atoms with Gasteiger partial charge in [0.05, 0.1) is 7.11 Å². The second-order valence-corrected chi connectivity index (χ2v) is 7.87. The lowest BCUT2D eigenvalue weighted by Gasteiger charge is -2.22. The molecule has 2 aliphatic rings. The zero-order valence-electron chi connectivity index (χ0n) is 15.8. The van der Waals surface area contributed by atoms with E-state index in [9.17, 15) is 9.59 Å². The van der Waals surface area contributed by atoms with Crippen molar-refractivity contribution in [1.29, 1.82) is 0 Å². The molecule has 2 aromatic rings. The number of methoxy groups -OCH3 is 1.